The maximum Gasteiger partial charge on any atom is 0.00106 e. The lowest BCUT2D eigenvalue weighted by molar-refractivity contribution is 0.123. The molecule has 0 spiro atoms. The van der Waals surface area contributed by atoms with Gasteiger partial charge in [-0.15, -0.1) is 0 Å². The molecule has 3 saturated heterocycles. The van der Waals surface area contributed by atoms with Gasteiger partial charge in [0.05, 0.1) is 0 Å². The Morgan fingerprint density at radius 1 is 0.722 bits per heavy atom. The summed E-state index contributed by atoms with van der Waals surface area (Å²) in [5.41, 5.74) is 0.762. The van der Waals surface area contributed by atoms with Crippen LogP contribution < -0.4 is 5.32 Å². The van der Waals surface area contributed by atoms with Gasteiger partial charge in [-0.25, -0.2) is 0 Å². The van der Waals surface area contributed by atoms with Crippen molar-refractivity contribution in [2.45, 2.75) is 125 Å². The zero-order chi connectivity index (χ0) is 25.8. The number of piperidine rings is 3. The molecule has 3 nitrogen and oxygen atoms in total. The fraction of sp³-hybridized carbons (Fsp3) is 1.00. The molecule has 3 aliphatic heterocycles. The van der Waals surface area contributed by atoms with Gasteiger partial charge in [0, 0.05) is 13.1 Å². The van der Waals surface area contributed by atoms with E-state index in [4.69, 9.17) is 0 Å². The summed E-state index contributed by atoms with van der Waals surface area (Å²) in [7, 11) is 0. The van der Waals surface area contributed by atoms with Crippen LogP contribution in [-0.2, 0) is 0 Å². The Morgan fingerprint density at radius 3 is 1.75 bits per heavy atom. The van der Waals surface area contributed by atoms with Gasteiger partial charge in [-0.1, -0.05) is 47.5 Å². The monoisotopic (exact) mass is 504 g/mol. The number of hydrogen-bond acceptors (Lipinski definition) is 3. The summed E-state index contributed by atoms with van der Waals surface area (Å²) in [6.45, 7) is 22.0. The quantitative estimate of drug-likeness (QED) is 0.327. The number of nitrogens with one attached hydrogen (secondary N) is 1. The predicted octanol–water partition coefficient (Wildman–Crippen LogP) is 7.85. The second-order valence-electron chi connectivity index (χ2n) is 13.3. The van der Waals surface area contributed by atoms with Gasteiger partial charge in [-0.2, -0.15) is 0 Å². The molecule has 0 radical (unpaired) electrons. The average Bonchev–Trinajstić information content (AvgIpc) is 3.85. The topological polar surface area (TPSA) is 18.5 Å². The molecule has 2 saturated carbocycles. The van der Waals surface area contributed by atoms with Crippen LogP contribution in [0, 0.1) is 35.0 Å². The molecule has 0 amide bonds. The van der Waals surface area contributed by atoms with Crippen LogP contribution in [0.15, 0.2) is 0 Å². The summed E-state index contributed by atoms with van der Waals surface area (Å²) in [4.78, 5) is 5.51. The molecule has 0 unspecified atom stereocenters. The van der Waals surface area contributed by atoms with Crippen LogP contribution in [0.2, 0.25) is 0 Å². The number of hydrogen-bond donors (Lipinski definition) is 1. The van der Waals surface area contributed by atoms with E-state index in [1.807, 2.05) is 13.8 Å². The Kier molecular flexibility index (Phi) is 13.6. The molecule has 0 aromatic rings. The van der Waals surface area contributed by atoms with Crippen molar-refractivity contribution in [3.63, 3.8) is 0 Å². The molecule has 212 valence electrons. The molecule has 5 rings (SSSR count). The lowest BCUT2D eigenvalue weighted by Crippen LogP contribution is -2.40. The van der Waals surface area contributed by atoms with Crippen LogP contribution in [0.1, 0.15) is 125 Å². The smallest absolute Gasteiger partial charge is 0.00106 e. The summed E-state index contributed by atoms with van der Waals surface area (Å²) in [5.74, 6) is 5.24. The van der Waals surface area contributed by atoms with E-state index in [1.54, 1.807) is 12.8 Å². The highest BCUT2D eigenvalue weighted by Gasteiger charge is 2.45. The van der Waals surface area contributed by atoms with Crippen molar-refractivity contribution in [3.8, 4) is 0 Å². The first kappa shape index (κ1) is 30.4. The third-order valence-corrected chi connectivity index (χ3v) is 10.4. The highest BCUT2D eigenvalue weighted by atomic mass is 15.1. The summed E-state index contributed by atoms with van der Waals surface area (Å²) < 4.78 is 0. The van der Waals surface area contributed by atoms with Crippen molar-refractivity contribution in [2.24, 2.45) is 35.0 Å². The first-order valence-corrected chi connectivity index (χ1v) is 16.7. The van der Waals surface area contributed by atoms with Crippen LogP contribution in [0.25, 0.3) is 0 Å². The molecule has 0 bridgehead atoms. The number of rotatable bonds is 10. The fourth-order valence-corrected chi connectivity index (χ4v) is 7.53. The largest absolute Gasteiger partial charge is 0.317 e. The van der Waals surface area contributed by atoms with Gasteiger partial charge in [0.2, 0.25) is 0 Å². The van der Waals surface area contributed by atoms with Crippen LogP contribution in [0.3, 0.4) is 0 Å². The molecule has 36 heavy (non-hydrogen) atoms. The zero-order valence-electron chi connectivity index (χ0n) is 25.3. The van der Waals surface area contributed by atoms with Gasteiger partial charge in [0.25, 0.3) is 0 Å². The minimum Gasteiger partial charge on any atom is -0.317 e. The molecule has 2 aliphatic carbocycles. The molecule has 5 fully saturated rings. The first-order chi connectivity index (χ1) is 17.6. The van der Waals surface area contributed by atoms with Crippen molar-refractivity contribution >= 4 is 0 Å². The lowest BCUT2D eigenvalue weighted by atomic mass is 9.82. The van der Waals surface area contributed by atoms with Crippen molar-refractivity contribution in [1.29, 1.82) is 0 Å². The summed E-state index contributed by atoms with van der Waals surface area (Å²) in [6, 6.07) is 0. The van der Waals surface area contributed by atoms with E-state index in [0.717, 1.165) is 35.0 Å². The number of nitrogens with zero attached hydrogens (tertiary/aromatic N) is 2. The van der Waals surface area contributed by atoms with Crippen LogP contribution in [0.4, 0.5) is 0 Å². The Hall–Kier alpha value is -0.120. The van der Waals surface area contributed by atoms with Crippen molar-refractivity contribution in [2.75, 3.05) is 52.4 Å². The second kappa shape index (κ2) is 16.1. The summed E-state index contributed by atoms with van der Waals surface area (Å²) in [6.07, 6.45) is 20.4. The van der Waals surface area contributed by atoms with Crippen LogP contribution >= 0.6 is 0 Å². The molecular formula is C33H65N3. The van der Waals surface area contributed by atoms with E-state index in [-0.39, 0.29) is 0 Å². The maximum absolute atomic E-state index is 3.46. The van der Waals surface area contributed by atoms with E-state index in [1.165, 1.54) is 129 Å². The van der Waals surface area contributed by atoms with Crippen molar-refractivity contribution in [3.05, 3.63) is 0 Å². The second-order valence-corrected chi connectivity index (χ2v) is 13.3. The van der Waals surface area contributed by atoms with Gasteiger partial charge in [-0.05, 0) is 151 Å². The van der Waals surface area contributed by atoms with Gasteiger partial charge in [0.1, 0.15) is 0 Å². The zero-order valence-corrected chi connectivity index (χ0v) is 25.3. The molecule has 3 heterocycles. The van der Waals surface area contributed by atoms with Crippen LogP contribution in [-0.4, -0.2) is 62.2 Å². The van der Waals surface area contributed by atoms with Crippen molar-refractivity contribution in [1.82, 2.24) is 15.1 Å². The normalized spacial score (nSPS) is 26.2. The van der Waals surface area contributed by atoms with Gasteiger partial charge < -0.3 is 15.1 Å². The summed E-state index contributed by atoms with van der Waals surface area (Å²) >= 11 is 0. The Balaban J connectivity index is 0.000000189. The average molecular weight is 504 g/mol. The van der Waals surface area contributed by atoms with Gasteiger partial charge in [-0.3, -0.25) is 0 Å². The molecule has 0 atom stereocenters. The molecular weight excluding hydrogens is 438 g/mol. The standard InChI is InChI=1S/C17H33N.C14H26N2.C2H6/c1-4-6-15(7-5-2)14-18-12-8-16(9-13-18)17(3)10-11-17;1-2-13(1)14-5-9-16(10-6-14)11-12-3-7-15-8-4-12;1-2/h15-16H,4-14H2,1-3H3;12-15H,1-11H2;1-2H3. The molecule has 0 aromatic heterocycles. The highest BCUT2D eigenvalue weighted by Crippen LogP contribution is 2.54. The minimum absolute atomic E-state index is 0.762. The summed E-state index contributed by atoms with van der Waals surface area (Å²) in [5, 5.41) is 3.46. The third-order valence-electron chi connectivity index (χ3n) is 10.4. The third kappa shape index (κ3) is 10.2. The Morgan fingerprint density at radius 2 is 1.25 bits per heavy atom. The maximum atomic E-state index is 3.46. The fourth-order valence-electron chi connectivity index (χ4n) is 7.53. The van der Waals surface area contributed by atoms with Crippen LogP contribution in [0.5, 0.6) is 0 Å². The molecule has 3 heteroatoms. The lowest BCUT2D eigenvalue weighted by Gasteiger charge is -2.36. The van der Waals surface area contributed by atoms with E-state index in [9.17, 15) is 0 Å². The van der Waals surface area contributed by atoms with Gasteiger partial charge in [0.15, 0.2) is 0 Å². The molecule has 0 aromatic carbocycles. The van der Waals surface area contributed by atoms with E-state index >= 15 is 0 Å². The molecule has 1 N–H and O–H groups in total. The van der Waals surface area contributed by atoms with Gasteiger partial charge >= 0.3 is 0 Å². The Bertz CT molecular complexity index is 541. The predicted molar refractivity (Wildman–Crippen MR) is 159 cm³/mol. The molecule has 5 aliphatic rings. The number of likely N-dealkylation sites (tertiary alicyclic amines) is 2. The SMILES string of the molecule is C1CC(CN2CCC(C3CC3)CC2)CCN1.CC.CCCC(CCC)CN1CCC(C2(C)CC2)CC1. The first-order valence-electron chi connectivity index (χ1n) is 16.7. The van der Waals surface area contributed by atoms with E-state index < -0.39 is 0 Å². The highest BCUT2D eigenvalue weighted by molar-refractivity contribution is 4.96. The van der Waals surface area contributed by atoms with E-state index in [0.29, 0.717) is 0 Å². The van der Waals surface area contributed by atoms with Crippen molar-refractivity contribution < 1.29 is 0 Å². The Labute approximate surface area is 226 Å². The van der Waals surface area contributed by atoms with E-state index in [2.05, 4.69) is 35.9 Å². The minimum atomic E-state index is 0.762.